The van der Waals surface area contributed by atoms with Crippen LogP contribution < -0.4 is 0 Å². The van der Waals surface area contributed by atoms with Crippen LogP contribution in [-0.2, 0) is 9.59 Å². The third-order valence-electron chi connectivity index (χ3n) is 2.72. The van der Waals surface area contributed by atoms with Crippen LogP contribution in [0.4, 0.5) is 0 Å². The number of carbonyl (C=O) groups is 3. The van der Waals surface area contributed by atoms with Gasteiger partial charge in [0.15, 0.2) is 0 Å². The highest BCUT2D eigenvalue weighted by Crippen LogP contribution is 2.11. The van der Waals surface area contributed by atoms with Gasteiger partial charge < -0.3 is 14.9 Å². The predicted octanol–water partition coefficient (Wildman–Crippen LogP) is 1.39. The summed E-state index contributed by atoms with van der Waals surface area (Å²) < 4.78 is 0. The summed E-state index contributed by atoms with van der Waals surface area (Å²) in [5, 5.41) is 10.7. The zero-order chi connectivity index (χ0) is 16.0. The molecule has 0 bridgehead atoms. The molecule has 1 rings (SSSR count). The molecule has 0 fully saturated rings. The van der Waals surface area contributed by atoms with Crippen molar-refractivity contribution in [2.24, 2.45) is 5.92 Å². The summed E-state index contributed by atoms with van der Waals surface area (Å²) in [6.45, 7) is 3.69. The zero-order valence-corrected chi connectivity index (χ0v) is 13.2. The van der Waals surface area contributed by atoms with E-state index in [4.69, 9.17) is 5.11 Å². The molecule has 0 saturated carbocycles. The standard InChI is InChI=1S/C14H20N2O4S/c1-10(2)7-16(9-13(18)19)12(17)8-15(3)14(20)11-5-4-6-21-11/h4-6,10H,7-9H2,1-3H3,(H,18,19). The first kappa shape index (κ1) is 17.2. The van der Waals surface area contributed by atoms with E-state index < -0.39 is 5.97 Å². The van der Waals surface area contributed by atoms with Gasteiger partial charge in [-0.3, -0.25) is 14.4 Å². The Hall–Kier alpha value is -1.89. The summed E-state index contributed by atoms with van der Waals surface area (Å²) >= 11 is 1.31. The minimum Gasteiger partial charge on any atom is -0.480 e. The Bertz CT molecular complexity index is 499. The van der Waals surface area contributed by atoms with Gasteiger partial charge in [0, 0.05) is 13.6 Å². The summed E-state index contributed by atoms with van der Waals surface area (Å²) in [7, 11) is 1.54. The predicted molar refractivity (Wildman–Crippen MR) is 80.3 cm³/mol. The molecule has 21 heavy (non-hydrogen) atoms. The maximum Gasteiger partial charge on any atom is 0.323 e. The van der Waals surface area contributed by atoms with Crippen molar-refractivity contribution in [1.82, 2.24) is 9.80 Å². The summed E-state index contributed by atoms with van der Waals surface area (Å²) in [4.78, 5) is 38.2. The van der Waals surface area contributed by atoms with Crippen LogP contribution in [0.2, 0.25) is 0 Å². The smallest absolute Gasteiger partial charge is 0.323 e. The highest BCUT2D eigenvalue weighted by molar-refractivity contribution is 7.12. The van der Waals surface area contributed by atoms with Crippen LogP contribution in [0.1, 0.15) is 23.5 Å². The van der Waals surface area contributed by atoms with Crippen molar-refractivity contribution in [2.75, 3.05) is 26.7 Å². The molecule has 0 saturated heterocycles. The minimum atomic E-state index is -1.06. The van der Waals surface area contributed by atoms with Gasteiger partial charge in [0.2, 0.25) is 5.91 Å². The number of rotatable bonds is 7. The normalized spacial score (nSPS) is 10.5. The lowest BCUT2D eigenvalue weighted by Gasteiger charge is -2.25. The fourth-order valence-electron chi connectivity index (χ4n) is 1.82. The number of hydrogen-bond donors (Lipinski definition) is 1. The first-order valence-corrected chi connectivity index (χ1v) is 7.47. The van der Waals surface area contributed by atoms with Gasteiger partial charge in [-0.05, 0) is 17.4 Å². The lowest BCUT2D eigenvalue weighted by atomic mass is 10.2. The summed E-state index contributed by atoms with van der Waals surface area (Å²) in [6.07, 6.45) is 0. The number of carboxylic acid groups (broad SMARTS) is 1. The van der Waals surface area contributed by atoms with Gasteiger partial charge in [0.05, 0.1) is 11.4 Å². The van der Waals surface area contributed by atoms with Crippen molar-refractivity contribution in [3.8, 4) is 0 Å². The number of thiophene rings is 1. The molecule has 0 aliphatic rings. The molecule has 0 aliphatic carbocycles. The van der Waals surface area contributed by atoms with Crippen molar-refractivity contribution < 1.29 is 19.5 Å². The molecule has 1 aromatic rings. The van der Waals surface area contributed by atoms with Gasteiger partial charge in [-0.25, -0.2) is 0 Å². The molecule has 0 unspecified atom stereocenters. The Morgan fingerprint density at radius 1 is 1.29 bits per heavy atom. The van der Waals surface area contributed by atoms with E-state index in [0.29, 0.717) is 11.4 Å². The highest BCUT2D eigenvalue weighted by atomic mass is 32.1. The van der Waals surface area contributed by atoms with Crippen LogP contribution in [0.25, 0.3) is 0 Å². The summed E-state index contributed by atoms with van der Waals surface area (Å²) in [5.41, 5.74) is 0. The van der Waals surface area contributed by atoms with E-state index in [-0.39, 0.29) is 30.8 Å². The number of hydrogen-bond acceptors (Lipinski definition) is 4. The average molecular weight is 312 g/mol. The molecular formula is C14H20N2O4S. The summed E-state index contributed by atoms with van der Waals surface area (Å²) in [6, 6.07) is 3.46. The van der Waals surface area contributed by atoms with Crippen LogP contribution >= 0.6 is 11.3 Å². The third-order valence-corrected chi connectivity index (χ3v) is 3.57. The van der Waals surface area contributed by atoms with Crippen LogP contribution in [0.5, 0.6) is 0 Å². The fraction of sp³-hybridized carbons (Fsp3) is 0.500. The minimum absolute atomic E-state index is 0.128. The third kappa shape index (κ3) is 5.55. The van der Waals surface area contributed by atoms with Crippen LogP contribution in [0.15, 0.2) is 17.5 Å². The number of carboxylic acids is 1. The van der Waals surface area contributed by atoms with Crippen LogP contribution in [0, 0.1) is 5.92 Å². The Labute approximate surface area is 128 Å². The maximum atomic E-state index is 12.2. The van der Waals surface area contributed by atoms with E-state index >= 15 is 0 Å². The first-order chi connectivity index (χ1) is 9.81. The van der Waals surface area contributed by atoms with Crippen molar-refractivity contribution in [3.63, 3.8) is 0 Å². The number of likely N-dealkylation sites (N-methyl/N-ethyl adjacent to an activating group) is 1. The molecule has 1 heterocycles. The van der Waals surface area contributed by atoms with E-state index in [2.05, 4.69) is 0 Å². The largest absolute Gasteiger partial charge is 0.480 e. The van der Waals surface area contributed by atoms with Gasteiger partial charge in [0.1, 0.15) is 6.54 Å². The van der Waals surface area contributed by atoms with Crippen molar-refractivity contribution >= 4 is 29.1 Å². The summed E-state index contributed by atoms with van der Waals surface area (Å²) in [5.74, 6) is -1.50. The SMILES string of the molecule is CC(C)CN(CC(=O)O)C(=O)CN(C)C(=O)c1cccs1. The Kier molecular flexibility index (Phi) is 6.36. The molecule has 6 nitrogen and oxygen atoms in total. The van der Waals surface area contributed by atoms with Crippen LogP contribution in [0.3, 0.4) is 0 Å². The second-order valence-electron chi connectivity index (χ2n) is 5.20. The lowest BCUT2D eigenvalue weighted by Crippen LogP contribution is -2.44. The van der Waals surface area contributed by atoms with E-state index in [0.717, 1.165) is 0 Å². The highest BCUT2D eigenvalue weighted by Gasteiger charge is 2.22. The molecule has 1 N–H and O–H groups in total. The number of amides is 2. The molecule has 2 amide bonds. The maximum absolute atomic E-state index is 12.2. The van der Waals surface area contributed by atoms with E-state index in [1.165, 1.54) is 28.2 Å². The molecule has 0 radical (unpaired) electrons. The quantitative estimate of drug-likeness (QED) is 0.825. The fourth-order valence-corrected chi connectivity index (χ4v) is 2.54. The molecule has 0 spiro atoms. The van der Waals surface area contributed by atoms with Gasteiger partial charge in [-0.2, -0.15) is 0 Å². The topological polar surface area (TPSA) is 77.9 Å². The Morgan fingerprint density at radius 2 is 1.95 bits per heavy atom. The van der Waals surface area contributed by atoms with Crippen LogP contribution in [-0.4, -0.2) is 59.4 Å². The second kappa shape index (κ2) is 7.78. The number of carbonyl (C=O) groups excluding carboxylic acids is 2. The monoisotopic (exact) mass is 312 g/mol. The molecule has 0 aliphatic heterocycles. The molecule has 7 heteroatoms. The molecular weight excluding hydrogens is 292 g/mol. The number of aliphatic carboxylic acids is 1. The van der Waals surface area contributed by atoms with Crippen molar-refractivity contribution in [1.29, 1.82) is 0 Å². The number of nitrogens with zero attached hydrogens (tertiary/aromatic N) is 2. The molecule has 0 atom stereocenters. The van der Waals surface area contributed by atoms with Gasteiger partial charge in [-0.1, -0.05) is 19.9 Å². The Morgan fingerprint density at radius 3 is 2.43 bits per heavy atom. The zero-order valence-electron chi connectivity index (χ0n) is 12.4. The average Bonchev–Trinajstić information content (AvgIpc) is 2.89. The Balaban J connectivity index is 2.67. The first-order valence-electron chi connectivity index (χ1n) is 6.59. The van der Waals surface area contributed by atoms with Gasteiger partial charge in [-0.15, -0.1) is 11.3 Å². The lowest BCUT2D eigenvalue weighted by molar-refractivity contribution is -0.144. The molecule has 116 valence electrons. The van der Waals surface area contributed by atoms with Crippen molar-refractivity contribution in [2.45, 2.75) is 13.8 Å². The molecule has 1 aromatic heterocycles. The van der Waals surface area contributed by atoms with E-state index in [1.807, 2.05) is 13.8 Å². The van der Waals surface area contributed by atoms with E-state index in [1.54, 1.807) is 17.5 Å². The molecule has 0 aromatic carbocycles. The van der Waals surface area contributed by atoms with E-state index in [9.17, 15) is 14.4 Å². The second-order valence-corrected chi connectivity index (χ2v) is 6.15. The van der Waals surface area contributed by atoms with Gasteiger partial charge in [0.25, 0.3) is 5.91 Å². The van der Waals surface area contributed by atoms with Crippen molar-refractivity contribution in [3.05, 3.63) is 22.4 Å². The van der Waals surface area contributed by atoms with Gasteiger partial charge >= 0.3 is 5.97 Å².